The average Bonchev–Trinajstić information content (AvgIpc) is 3.49. The molecule has 1 N–H and O–H groups in total. The SMILES string of the molecule is O=C(c1nc2c(C(F)(F)F)cc(C3CC3)cn2c1Cl)N1CCC(N2C(=O)COC2=O)[C@@H](O)C1. The zero-order valence-electron chi connectivity index (χ0n) is 17.0. The number of β-amino-alcohol motifs (C(OH)–C–C–N with tert-alkyl or cyclic N) is 1. The summed E-state index contributed by atoms with van der Waals surface area (Å²) in [5, 5.41) is 10.2. The van der Waals surface area contributed by atoms with Gasteiger partial charge in [-0.1, -0.05) is 11.6 Å². The fourth-order valence-corrected chi connectivity index (χ4v) is 4.61. The summed E-state index contributed by atoms with van der Waals surface area (Å²) in [6, 6.07) is 0.178. The lowest BCUT2D eigenvalue weighted by atomic mass is 10.00. The Kier molecular flexibility index (Phi) is 5.05. The molecule has 0 spiro atoms. The Morgan fingerprint density at radius 2 is 1.97 bits per heavy atom. The van der Waals surface area contributed by atoms with Crippen molar-refractivity contribution >= 4 is 35.2 Å². The van der Waals surface area contributed by atoms with E-state index in [1.54, 1.807) is 0 Å². The molecule has 2 aliphatic heterocycles. The van der Waals surface area contributed by atoms with E-state index in [2.05, 4.69) is 9.72 Å². The molecule has 1 aliphatic carbocycles. The number of likely N-dealkylation sites (tertiary alicyclic amines) is 1. The Bertz CT molecular complexity index is 1160. The third-order valence-electron chi connectivity index (χ3n) is 6.19. The molecule has 2 atom stereocenters. The molecule has 13 heteroatoms. The molecule has 2 aromatic rings. The van der Waals surface area contributed by atoms with Crippen molar-refractivity contribution in [2.45, 2.75) is 43.5 Å². The van der Waals surface area contributed by atoms with Crippen LogP contribution in [0.2, 0.25) is 5.15 Å². The number of imidazole rings is 1. The maximum atomic E-state index is 13.7. The van der Waals surface area contributed by atoms with Crippen LogP contribution in [0.3, 0.4) is 0 Å². The highest BCUT2D eigenvalue weighted by molar-refractivity contribution is 6.33. The summed E-state index contributed by atoms with van der Waals surface area (Å²) in [5.74, 6) is -1.32. The van der Waals surface area contributed by atoms with Gasteiger partial charge in [-0.05, 0) is 36.8 Å². The molecule has 0 aromatic carbocycles. The number of hydrogen-bond donors (Lipinski definition) is 1. The number of pyridine rings is 1. The number of alkyl halides is 3. The molecule has 9 nitrogen and oxygen atoms in total. The van der Waals surface area contributed by atoms with Crippen LogP contribution in [0.25, 0.3) is 5.65 Å². The number of carbonyl (C=O) groups is 3. The molecule has 4 heterocycles. The van der Waals surface area contributed by atoms with Gasteiger partial charge in [-0.15, -0.1) is 0 Å². The van der Waals surface area contributed by atoms with Gasteiger partial charge in [0.1, 0.15) is 5.15 Å². The molecule has 33 heavy (non-hydrogen) atoms. The van der Waals surface area contributed by atoms with E-state index < -0.39 is 54.0 Å². The van der Waals surface area contributed by atoms with Crippen molar-refractivity contribution < 1.29 is 37.4 Å². The Hall–Kier alpha value is -2.86. The first-order valence-electron chi connectivity index (χ1n) is 10.3. The summed E-state index contributed by atoms with van der Waals surface area (Å²) in [4.78, 5) is 42.7. The van der Waals surface area contributed by atoms with Crippen molar-refractivity contribution in [2.24, 2.45) is 0 Å². The van der Waals surface area contributed by atoms with E-state index in [0.29, 0.717) is 5.56 Å². The quantitative estimate of drug-likeness (QED) is 0.714. The van der Waals surface area contributed by atoms with Gasteiger partial charge in [0.15, 0.2) is 17.9 Å². The standard InChI is InChI=1S/C20H18ClF3N4O5/c21-16-15(25-17-11(20(22,23)24)5-10(6-27(16)17)9-1-2-9)18(31)26-4-3-12(13(29)7-26)28-14(30)8-33-19(28)32/h5-6,9,12-13,29H,1-4,7-8H2/t12?,13-/m0/s1. The summed E-state index contributed by atoms with van der Waals surface area (Å²) in [7, 11) is 0. The van der Waals surface area contributed by atoms with Gasteiger partial charge in [0, 0.05) is 19.3 Å². The summed E-state index contributed by atoms with van der Waals surface area (Å²) >= 11 is 6.31. The van der Waals surface area contributed by atoms with Crippen molar-refractivity contribution in [3.63, 3.8) is 0 Å². The third kappa shape index (κ3) is 3.70. The second-order valence-electron chi connectivity index (χ2n) is 8.40. The summed E-state index contributed by atoms with van der Waals surface area (Å²) in [6.45, 7) is -0.641. The first kappa shape index (κ1) is 22.0. The van der Waals surface area contributed by atoms with E-state index in [1.807, 2.05) is 0 Å². The maximum absolute atomic E-state index is 13.7. The normalized spacial score (nSPS) is 24.0. The fourth-order valence-electron chi connectivity index (χ4n) is 4.36. The minimum Gasteiger partial charge on any atom is -0.439 e. The fraction of sp³-hybridized carbons (Fsp3) is 0.500. The number of cyclic esters (lactones) is 1. The van der Waals surface area contributed by atoms with E-state index in [-0.39, 0.29) is 36.3 Å². The number of carbonyl (C=O) groups excluding carboxylic acids is 3. The minimum absolute atomic E-state index is 0.0160. The summed E-state index contributed by atoms with van der Waals surface area (Å²) in [6.07, 6.45) is -3.72. The van der Waals surface area contributed by atoms with Gasteiger partial charge in [0.25, 0.3) is 11.8 Å². The number of nitrogens with zero attached hydrogens (tertiary/aromatic N) is 4. The largest absolute Gasteiger partial charge is 0.439 e. The number of rotatable bonds is 3. The highest BCUT2D eigenvalue weighted by Crippen LogP contribution is 2.43. The molecular weight excluding hydrogens is 469 g/mol. The van der Waals surface area contributed by atoms with Crippen molar-refractivity contribution in [1.29, 1.82) is 0 Å². The topological polar surface area (TPSA) is 104 Å². The van der Waals surface area contributed by atoms with Gasteiger partial charge < -0.3 is 14.7 Å². The Morgan fingerprint density at radius 3 is 2.55 bits per heavy atom. The van der Waals surface area contributed by atoms with E-state index in [9.17, 15) is 32.7 Å². The molecule has 3 amide bonds. The van der Waals surface area contributed by atoms with Crippen molar-refractivity contribution in [1.82, 2.24) is 19.2 Å². The van der Waals surface area contributed by atoms with E-state index >= 15 is 0 Å². The Balaban J connectivity index is 1.44. The lowest BCUT2D eigenvalue weighted by Gasteiger charge is -2.38. The number of imide groups is 1. The molecule has 3 fully saturated rings. The number of amides is 3. The smallest absolute Gasteiger partial charge is 0.419 e. The minimum atomic E-state index is -4.69. The second kappa shape index (κ2) is 7.59. The van der Waals surface area contributed by atoms with Crippen LogP contribution in [0.15, 0.2) is 12.3 Å². The lowest BCUT2D eigenvalue weighted by molar-refractivity contribution is -0.136. The number of piperidine rings is 1. The molecule has 2 aromatic heterocycles. The number of aliphatic hydroxyl groups is 1. The molecule has 0 bridgehead atoms. The molecule has 3 aliphatic rings. The predicted molar refractivity (Wildman–Crippen MR) is 106 cm³/mol. The van der Waals surface area contributed by atoms with Crippen LogP contribution in [0.5, 0.6) is 0 Å². The van der Waals surface area contributed by atoms with Crippen molar-refractivity contribution in [3.05, 3.63) is 34.2 Å². The van der Waals surface area contributed by atoms with Crippen LogP contribution in [0, 0.1) is 0 Å². The highest BCUT2D eigenvalue weighted by atomic mass is 35.5. The van der Waals surface area contributed by atoms with E-state index in [1.165, 1.54) is 11.1 Å². The van der Waals surface area contributed by atoms with Crippen LogP contribution < -0.4 is 0 Å². The van der Waals surface area contributed by atoms with E-state index in [0.717, 1.165) is 28.2 Å². The third-order valence-corrected chi connectivity index (χ3v) is 6.55. The molecule has 1 unspecified atom stereocenters. The molecular formula is C20H18ClF3N4O5. The van der Waals surface area contributed by atoms with Crippen LogP contribution in [0.1, 0.15) is 46.8 Å². The van der Waals surface area contributed by atoms with Gasteiger partial charge in [0.05, 0.1) is 17.7 Å². The predicted octanol–water partition coefficient (Wildman–Crippen LogP) is 2.44. The van der Waals surface area contributed by atoms with Gasteiger partial charge in [0.2, 0.25) is 0 Å². The first-order chi connectivity index (χ1) is 15.6. The summed E-state index contributed by atoms with van der Waals surface area (Å²) < 4.78 is 46.8. The monoisotopic (exact) mass is 486 g/mol. The second-order valence-corrected chi connectivity index (χ2v) is 8.75. The van der Waals surface area contributed by atoms with E-state index in [4.69, 9.17) is 11.6 Å². The Labute approximate surface area is 189 Å². The van der Waals surface area contributed by atoms with Crippen LogP contribution >= 0.6 is 11.6 Å². The van der Waals surface area contributed by atoms with Gasteiger partial charge in [-0.3, -0.25) is 14.0 Å². The van der Waals surface area contributed by atoms with Gasteiger partial charge in [-0.25, -0.2) is 14.7 Å². The highest BCUT2D eigenvalue weighted by Gasteiger charge is 2.44. The zero-order chi connectivity index (χ0) is 23.7. The summed E-state index contributed by atoms with van der Waals surface area (Å²) in [5.41, 5.74) is -1.33. The number of halogens is 4. The molecule has 1 saturated carbocycles. The molecule has 2 saturated heterocycles. The molecule has 176 valence electrons. The van der Waals surface area contributed by atoms with Gasteiger partial charge >= 0.3 is 12.3 Å². The number of ether oxygens (including phenoxy) is 1. The number of aromatic nitrogens is 2. The lowest BCUT2D eigenvalue weighted by Crippen LogP contribution is -2.56. The Morgan fingerprint density at radius 1 is 1.24 bits per heavy atom. The number of fused-ring (bicyclic) bond motifs is 1. The van der Waals surface area contributed by atoms with Crippen LogP contribution in [-0.2, 0) is 15.7 Å². The average molecular weight is 487 g/mol. The van der Waals surface area contributed by atoms with Crippen LogP contribution in [0.4, 0.5) is 18.0 Å². The van der Waals surface area contributed by atoms with Crippen molar-refractivity contribution in [2.75, 3.05) is 19.7 Å². The zero-order valence-corrected chi connectivity index (χ0v) is 17.8. The van der Waals surface area contributed by atoms with Crippen molar-refractivity contribution in [3.8, 4) is 0 Å². The van der Waals surface area contributed by atoms with Gasteiger partial charge in [-0.2, -0.15) is 13.2 Å². The molecule has 0 radical (unpaired) electrons. The number of aliphatic hydroxyl groups excluding tert-OH is 1. The number of hydrogen-bond acceptors (Lipinski definition) is 6. The van der Waals surface area contributed by atoms with Crippen LogP contribution in [-0.4, -0.2) is 74.0 Å². The molecule has 5 rings (SSSR count). The first-order valence-corrected chi connectivity index (χ1v) is 10.7. The maximum Gasteiger partial charge on any atom is 0.419 e.